The SMILES string of the molecule is CCCN(CC1CCCN1)c1ncc(Br)cc1C. The normalized spacial score (nSPS) is 19.2. The van der Waals surface area contributed by atoms with E-state index in [-0.39, 0.29) is 0 Å². The summed E-state index contributed by atoms with van der Waals surface area (Å²) in [4.78, 5) is 7.01. The molecule has 1 aromatic heterocycles. The Labute approximate surface area is 118 Å². The molecule has 1 N–H and O–H groups in total. The lowest BCUT2D eigenvalue weighted by atomic mass is 10.2. The average molecular weight is 312 g/mol. The zero-order valence-corrected chi connectivity index (χ0v) is 12.8. The van der Waals surface area contributed by atoms with Gasteiger partial charge >= 0.3 is 0 Å². The van der Waals surface area contributed by atoms with Crippen LogP contribution < -0.4 is 10.2 Å². The van der Waals surface area contributed by atoms with Crippen LogP contribution >= 0.6 is 15.9 Å². The highest BCUT2D eigenvalue weighted by Crippen LogP contribution is 2.22. The fourth-order valence-electron chi connectivity index (χ4n) is 2.60. The van der Waals surface area contributed by atoms with Crippen LogP contribution in [0.15, 0.2) is 16.7 Å². The van der Waals surface area contributed by atoms with Gasteiger partial charge < -0.3 is 10.2 Å². The zero-order chi connectivity index (χ0) is 13.0. The van der Waals surface area contributed by atoms with Crippen molar-refractivity contribution in [2.45, 2.75) is 39.2 Å². The van der Waals surface area contributed by atoms with Crippen LogP contribution in [0.2, 0.25) is 0 Å². The van der Waals surface area contributed by atoms with Gasteiger partial charge in [0.1, 0.15) is 5.82 Å². The number of anilines is 1. The van der Waals surface area contributed by atoms with E-state index in [2.05, 4.69) is 51.0 Å². The molecular formula is C14H22BrN3. The molecule has 2 rings (SSSR count). The monoisotopic (exact) mass is 311 g/mol. The van der Waals surface area contributed by atoms with Crippen LogP contribution in [0.1, 0.15) is 31.7 Å². The first-order valence-electron chi connectivity index (χ1n) is 6.81. The van der Waals surface area contributed by atoms with Crippen molar-refractivity contribution in [2.24, 2.45) is 0 Å². The van der Waals surface area contributed by atoms with Crippen LogP contribution in [-0.4, -0.2) is 30.7 Å². The van der Waals surface area contributed by atoms with Crippen LogP contribution in [0, 0.1) is 6.92 Å². The standard InChI is InChI=1S/C14H22BrN3/c1-3-7-18(10-13-5-4-6-16-13)14-11(2)8-12(15)9-17-14/h8-9,13,16H,3-7,10H2,1-2H3. The van der Waals surface area contributed by atoms with Crippen LogP contribution in [-0.2, 0) is 0 Å². The molecule has 100 valence electrons. The molecule has 3 nitrogen and oxygen atoms in total. The van der Waals surface area contributed by atoms with E-state index in [1.165, 1.54) is 18.4 Å². The van der Waals surface area contributed by atoms with Crippen molar-refractivity contribution in [1.82, 2.24) is 10.3 Å². The molecule has 1 atom stereocenters. The van der Waals surface area contributed by atoms with Crippen molar-refractivity contribution < 1.29 is 0 Å². The summed E-state index contributed by atoms with van der Waals surface area (Å²) in [7, 11) is 0. The molecule has 0 spiro atoms. The summed E-state index contributed by atoms with van der Waals surface area (Å²) in [5.74, 6) is 1.13. The number of aromatic nitrogens is 1. The molecule has 0 radical (unpaired) electrons. The number of nitrogens with zero attached hydrogens (tertiary/aromatic N) is 2. The minimum absolute atomic E-state index is 0.626. The number of rotatable bonds is 5. The van der Waals surface area contributed by atoms with Crippen LogP contribution in [0.3, 0.4) is 0 Å². The number of nitrogens with one attached hydrogen (secondary N) is 1. The van der Waals surface area contributed by atoms with Crippen molar-refractivity contribution in [2.75, 3.05) is 24.5 Å². The maximum Gasteiger partial charge on any atom is 0.131 e. The fraction of sp³-hybridized carbons (Fsp3) is 0.643. The topological polar surface area (TPSA) is 28.2 Å². The lowest BCUT2D eigenvalue weighted by Crippen LogP contribution is -2.38. The smallest absolute Gasteiger partial charge is 0.131 e. The summed E-state index contributed by atoms with van der Waals surface area (Å²) >= 11 is 3.48. The second-order valence-electron chi connectivity index (χ2n) is 5.03. The van der Waals surface area contributed by atoms with E-state index < -0.39 is 0 Å². The van der Waals surface area contributed by atoms with Crippen molar-refractivity contribution in [3.8, 4) is 0 Å². The molecule has 1 fully saturated rings. The van der Waals surface area contributed by atoms with E-state index in [4.69, 9.17) is 0 Å². The number of pyridine rings is 1. The summed E-state index contributed by atoms with van der Waals surface area (Å²) in [5, 5.41) is 3.57. The Morgan fingerprint density at radius 2 is 2.39 bits per heavy atom. The predicted molar refractivity (Wildman–Crippen MR) is 80.2 cm³/mol. The minimum Gasteiger partial charge on any atom is -0.355 e. The first-order chi connectivity index (χ1) is 8.70. The summed E-state index contributed by atoms with van der Waals surface area (Å²) in [6, 6.07) is 2.77. The lowest BCUT2D eigenvalue weighted by Gasteiger charge is -2.27. The van der Waals surface area contributed by atoms with Crippen molar-refractivity contribution >= 4 is 21.7 Å². The molecule has 4 heteroatoms. The Morgan fingerprint density at radius 3 is 3.00 bits per heavy atom. The Morgan fingerprint density at radius 1 is 1.56 bits per heavy atom. The average Bonchev–Trinajstić information content (AvgIpc) is 2.81. The third-order valence-electron chi connectivity index (χ3n) is 3.41. The summed E-state index contributed by atoms with van der Waals surface area (Å²) in [6.07, 6.45) is 5.64. The lowest BCUT2D eigenvalue weighted by molar-refractivity contribution is 0.574. The Balaban J connectivity index is 2.12. The highest BCUT2D eigenvalue weighted by Gasteiger charge is 2.19. The van der Waals surface area contributed by atoms with Crippen molar-refractivity contribution in [3.05, 3.63) is 22.3 Å². The van der Waals surface area contributed by atoms with Crippen LogP contribution in [0.4, 0.5) is 5.82 Å². The first-order valence-corrected chi connectivity index (χ1v) is 7.60. The third kappa shape index (κ3) is 3.45. The fourth-order valence-corrected chi connectivity index (χ4v) is 3.04. The van der Waals surface area contributed by atoms with Gasteiger partial charge in [0.25, 0.3) is 0 Å². The van der Waals surface area contributed by atoms with Gasteiger partial charge in [0.2, 0.25) is 0 Å². The highest BCUT2D eigenvalue weighted by atomic mass is 79.9. The maximum absolute atomic E-state index is 4.59. The molecule has 1 aromatic rings. The summed E-state index contributed by atoms with van der Waals surface area (Å²) in [5.41, 5.74) is 1.25. The number of hydrogen-bond donors (Lipinski definition) is 1. The van der Waals surface area contributed by atoms with Gasteiger partial charge in [-0.25, -0.2) is 4.98 Å². The molecule has 18 heavy (non-hydrogen) atoms. The minimum atomic E-state index is 0.626. The third-order valence-corrected chi connectivity index (χ3v) is 3.85. The maximum atomic E-state index is 4.59. The largest absolute Gasteiger partial charge is 0.355 e. The van der Waals surface area contributed by atoms with E-state index in [1.807, 2.05) is 6.20 Å². The van der Waals surface area contributed by atoms with Crippen LogP contribution in [0.5, 0.6) is 0 Å². The van der Waals surface area contributed by atoms with E-state index in [1.54, 1.807) is 0 Å². The quantitative estimate of drug-likeness (QED) is 0.905. The zero-order valence-electron chi connectivity index (χ0n) is 11.2. The van der Waals surface area contributed by atoms with E-state index in [9.17, 15) is 0 Å². The van der Waals surface area contributed by atoms with Gasteiger partial charge in [-0.05, 0) is 60.3 Å². The summed E-state index contributed by atoms with van der Waals surface area (Å²) in [6.45, 7) is 7.68. The van der Waals surface area contributed by atoms with Crippen molar-refractivity contribution in [1.29, 1.82) is 0 Å². The molecular weight excluding hydrogens is 290 g/mol. The van der Waals surface area contributed by atoms with E-state index >= 15 is 0 Å². The molecule has 1 unspecified atom stereocenters. The van der Waals surface area contributed by atoms with E-state index in [0.29, 0.717) is 6.04 Å². The number of aryl methyl sites for hydroxylation is 1. The van der Waals surface area contributed by atoms with Gasteiger partial charge in [0.15, 0.2) is 0 Å². The molecule has 0 amide bonds. The van der Waals surface area contributed by atoms with Gasteiger partial charge in [-0.2, -0.15) is 0 Å². The number of hydrogen-bond acceptors (Lipinski definition) is 3. The van der Waals surface area contributed by atoms with Gasteiger partial charge in [0, 0.05) is 29.8 Å². The van der Waals surface area contributed by atoms with Gasteiger partial charge in [-0.3, -0.25) is 0 Å². The molecule has 0 aliphatic carbocycles. The molecule has 2 heterocycles. The molecule has 0 aromatic carbocycles. The molecule has 0 bridgehead atoms. The van der Waals surface area contributed by atoms with Gasteiger partial charge in [-0.15, -0.1) is 0 Å². The highest BCUT2D eigenvalue weighted by molar-refractivity contribution is 9.10. The molecule has 0 saturated carbocycles. The first kappa shape index (κ1) is 13.8. The van der Waals surface area contributed by atoms with E-state index in [0.717, 1.165) is 36.3 Å². The van der Waals surface area contributed by atoms with Crippen molar-refractivity contribution in [3.63, 3.8) is 0 Å². The predicted octanol–water partition coefficient (Wildman–Crippen LogP) is 3.12. The molecule has 1 aliphatic rings. The molecule has 1 aliphatic heterocycles. The number of halogens is 1. The Bertz CT molecular complexity index is 389. The Kier molecular flexibility index (Phi) is 5.01. The summed E-state index contributed by atoms with van der Waals surface area (Å²) < 4.78 is 1.05. The molecule has 1 saturated heterocycles. The Hall–Kier alpha value is -0.610. The van der Waals surface area contributed by atoms with Gasteiger partial charge in [-0.1, -0.05) is 6.92 Å². The second kappa shape index (κ2) is 6.53. The second-order valence-corrected chi connectivity index (χ2v) is 5.95. The van der Waals surface area contributed by atoms with Crippen LogP contribution in [0.25, 0.3) is 0 Å². The van der Waals surface area contributed by atoms with Gasteiger partial charge in [0.05, 0.1) is 0 Å².